The molecule has 0 saturated carbocycles. The van der Waals surface area contributed by atoms with Gasteiger partial charge in [0, 0.05) is 19.6 Å². The minimum absolute atomic E-state index is 0.0178. The number of urea groups is 1. The van der Waals surface area contributed by atoms with E-state index in [2.05, 4.69) is 33.0 Å². The SMILES string of the molecule is CC(C)C(CNC(=O)N1C[C@@H](C)[C@H](C(=O)O)C1)C(C)C. The molecule has 2 N–H and O–H groups in total. The lowest BCUT2D eigenvalue weighted by Gasteiger charge is -2.26. The molecule has 5 nitrogen and oxygen atoms in total. The quantitative estimate of drug-likeness (QED) is 0.813. The average molecular weight is 284 g/mol. The molecule has 0 unspecified atom stereocenters. The third-order valence-electron chi connectivity index (χ3n) is 4.42. The van der Waals surface area contributed by atoms with Gasteiger partial charge in [0.25, 0.3) is 0 Å². The van der Waals surface area contributed by atoms with Crippen molar-refractivity contribution in [2.24, 2.45) is 29.6 Å². The monoisotopic (exact) mass is 284 g/mol. The summed E-state index contributed by atoms with van der Waals surface area (Å²) in [6.45, 7) is 12.0. The van der Waals surface area contributed by atoms with Crippen LogP contribution in [0.2, 0.25) is 0 Å². The summed E-state index contributed by atoms with van der Waals surface area (Å²) < 4.78 is 0. The maximum Gasteiger partial charge on any atom is 0.317 e. The van der Waals surface area contributed by atoms with Gasteiger partial charge in [-0.25, -0.2) is 4.79 Å². The number of hydrogen-bond acceptors (Lipinski definition) is 2. The number of nitrogens with zero attached hydrogens (tertiary/aromatic N) is 1. The molecule has 1 saturated heterocycles. The standard InChI is InChI=1S/C15H28N2O3/c1-9(2)12(10(3)4)6-16-15(20)17-7-11(5)13(8-17)14(18)19/h9-13H,6-8H2,1-5H3,(H,16,20)(H,18,19)/t11-,13-/m1/s1. The van der Waals surface area contributed by atoms with Crippen molar-refractivity contribution in [3.05, 3.63) is 0 Å². The van der Waals surface area contributed by atoms with Crippen LogP contribution in [0.4, 0.5) is 4.79 Å². The number of carbonyl (C=O) groups is 2. The van der Waals surface area contributed by atoms with E-state index >= 15 is 0 Å². The molecule has 0 bridgehead atoms. The lowest BCUT2D eigenvalue weighted by molar-refractivity contribution is -0.142. The number of carboxylic acids is 1. The minimum atomic E-state index is -0.810. The minimum Gasteiger partial charge on any atom is -0.481 e. The van der Waals surface area contributed by atoms with E-state index in [4.69, 9.17) is 5.11 Å². The summed E-state index contributed by atoms with van der Waals surface area (Å²) in [6.07, 6.45) is 0. The molecule has 0 radical (unpaired) electrons. The smallest absolute Gasteiger partial charge is 0.317 e. The van der Waals surface area contributed by atoms with Crippen LogP contribution in [-0.4, -0.2) is 41.6 Å². The molecule has 0 aromatic heterocycles. The molecule has 1 aliphatic heterocycles. The first kappa shape index (κ1) is 16.8. The van der Waals surface area contributed by atoms with Gasteiger partial charge in [-0.3, -0.25) is 4.79 Å². The van der Waals surface area contributed by atoms with E-state index in [0.29, 0.717) is 37.4 Å². The fourth-order valence-electron chi connectivity index (χ4n) is 3.01. The Kier molecular flexibility index (Phi) is 5.84. The third-order valence-corrected chi connectivity index (χ3v) is 4.42. The van der Waals surface area contributed by atoms with Crippen LogP contribution < -0.4 is 5.32 Å². The van der Waals surface area contributed by atoms with Gasteiger partial charge in [-0.1, -0.05) is 34.6 Å². The van der Waals surface area contributed by atoms with Crippen molar-refractivity contribution in [1.82, 2.24) is 10.2 Å². The van der Waals surface area contributed by atoms with Crippen LogP contribution in [0.25, 0.3) is 0 Å². The van der Waals surface area contributed by atoms with Gasteiger partial charge in [0.05, 0.1) is 5.92 Å². The molecule has 116 valence electrons. The number of carbonyl (C=O) groups excluding carboxylic acids is 1. The summed E-state index contributed by atoms with van der Waals surface area (Å²) in [5.41, 5.74) is 0. The average Bonchev–Trinajstić information content (AvgIpc) is 2.70. The number of aliphatic carboxylic acids is 1. The number of hydrogen-bond donors (Lipinski definition) is 2. The van der Waals surface area contributed by atoms with Crippen molar-refractivity contribution >= 4 is 12.0 Å². The van der Waals surface area contributed by atoms with E-state index in [1.807, 2.05) is 6.92 Å². The Bertz CT molecular complexity index is 347. The molecule has 0 aliphatic carbocycles. The molecular weight excluding hydrogens is 256 g/mol. The number of amides is 2. The van der Waals surface area contributed by atoms with Crippen LogP contribution in [0.1, 0.15) is 34.6 Å². The molecular formula is C15H28N2O3. The summed E-state index contributed by atoms with van der Waals surface area (Å²) in [5, 5.41) is 12.0. The van der Waals surface area contributed by atoms with Crippen molar-refractivity contribution in [2.45, 2.75) is 34.6 Å². The van der Waals surface area contributed by atoms with Crippen LogP contribution in [-0.2, 0) is 4.79 Å². The molecule has 0 aromatic rings. The first-order chi connectivity index (χ1) is 9.23. The van der Waals surface area contributed by atoms with Crippen LogP contribution >= 0.6 is 0 Å². The fourth-order valence-corrected chi connectivity index (χ4v) is 3.01. The summed E-state index contributed by atoms with van der Waals surface area (Å²) >= 11 is 0. The van der Waals surface area contributed by atoms with Crippen molar-refractivity contribution in [3.63, 3.8) is 0 Å². The van der Waals surface area contributed by atoms with E-state index in [-0.39, 0.29) is 11.9 Å². The van der Waals surface area contributed by atoms with Gasteiger partial charge in [-0.15, -0.1) is 0 Å². The Labute approximate surface area is 121 Å². The van der Waals surface area contributed by atoms with Gasteiger partial charge < -0.3 is 15.3 Å². The molecule has 1 fully saturated rings. The summed E-state index contributed by atoms with van der Waals surface area (Å²) in [5.74, 6) is 0.236. The van der Waals surface area contributed by atoms with E-state index < -0.39 is 11.9 Å². The molecule has 2 amide bonds. The van der Waals surface area contributed by atoms with Gasteiger partial charge in [0.1, 0.15) is 0 Å². The van der Waals surface area contributed by atoms with E-state index in [1.165, 1.54) is 0 Å². The predicted octanol–water partition coefficient (Wildman–Crippen LogP) is 2.28. The van der Waals surface area contributed by atoms with Gasteiger partial charge in [-0.05, 0) is 23.7 Å². The normalized spacial score (nSPS) is 22.9. The Morgan fingerprint density at radius 1 is 1.20 bits per heavy atom. The zero-order chi connectivity index (χ0) is 15.4. The van der Waals surface area contributed by atoms with Crippen molar-refractivity contribution < 1.29 is 14.7 Å². The number of carboxylic acid groups (broad SMARTS) is 1. The number of rotatable bonds is 5. The predicted molar refractivity (Wildman–Crippen MR) is 78.4 cm³/mol. The maximum atomic E-state index is 12.1. The van der Waals surface area contributed by atoms with Crippen LogP contribution in [0.3, 0.4) is 0 Å². The first-order valence-corrected chi connectivity index (χ1v) is 7.49. The van der Waals surface area contributed by atoms with Crippen LogP contribution in [0, 0.1) is 29.6 Å². The molecule has 2 atom stereocenters. The van der Waals surface area contributed by atoms with Gasteiger partial charge in [0.2, 0.25) is 0 Å². The molecule has 5 heteroatoms. The van der Waals surface area contributed by atoms with Crippen molar-refractivity contribution in [3.8, 4) is 0 Å². The zero-order valence-electron chi connectivity index (χ0n) is 13.2. The Balaban J connectivity index is 2.50. The lowest BCUT2D eigenvalue weighted by atomic mass is 9.85. The Morgan fingerprint density at radius 3 is 2.15 bits per heavy atom. The molecule has 0 spiro atoms. The highest BCUT2D eigenvalue weighted by Gasteiger charge is 2.37. The number of nitrogens with one attached hydrogen (secondary N) is 1. The highest BCUT2D eigenvalue weighted by Crippen LogP contribution is 2.23. The molecule has 1 aliphatic rings. The number of likely N-dealkylation sites (tertiary alicyclic amines) is 1. The molecule has 1 rings (SSSR count). The van der Waals surface area contributed by atoms with Crippen molar-refractivity contribution in [2.75, 3.05) is 19.6 Å². The molecule has 0 aromatic carbocycles. The second-order valence-corrected chi connectivity index (χ2v) is 6.66. The van der Waals surface area contributed by atoms with Crippen molar-refractivity contribution in [1.29, 1.82) is 0 Å². The summed E-state index contributed by atoms with van der Waals surface area (Å²) in [7, 11) is 0. The second-order valence-electron chi connectivity index (χ2n) is 6.66. The topological polar surface area (TPSA) is 69.6 Å². The largest absolute Gasteiger partial charge is 0.481 e. The third kappa shape index (κ3) is 4.12. The second kappa shape index (κ2) is 6.95. The Hall–Kier alpha value is -1.26. The highest BCUT2D eigenvalue weighted by molar-refractivity contribution is 5.77. The van der Waals surface area contributed by atoms with Gasteiger partial charge >= 0.3 is 12.0 Å². The van der Waals surface area contributed by atoms with Gasteiger partial charge in [-0.2, -0.15) is 0 Å². The fraction of sp³-hybridized carbons (Fsp3) is 0.867. The lowest BCUT2D eigenvalue weighted by Crippen LogP contribution is -2.42. The summed E-state index contributed by atoms with van der Waals surface area (Å²) in [6, 6.07) is -0.132. The molecule has 1 heterocycles. The first-order valence-electron chi connectivity index (χ1n) is 7.49. The highest BCUT2D eigenvalue weighted by atomic mass is 16.4. The van der Waals surface area contributed by atoms with Gasteiger partial charge in [0.15, 0.2) is 0 Å². The Morgan fingerprint density at radius 2 is 1.75 bits per heavy atom. The summed E-state index contributed by atoms with van der Waals surface area (Å²) in [4.78, 5) is 24.8. The molecule has 20 heavy (non-hydrogen) atoms. The van der Waals surface area contributed by atoms with E-state index in [0.717, 1.165) is 0 Å². The van der Waals surface area contributed by atoms with Crippen LogP contribution in [0.15, 0.2) is 0 Å². The maximum absolute atomic E-state index is 12.1. The zero-order valence-corrected chi connectivity index (χ0v) is 13.2. The van der Waals surface area contributed by atoms with E-state index in [9.17, 15) is 9.59 Å². The van der Waals surface area contributed by atoms with Crippen LogP contribution in [0.5, 0.6) is 0 Å². The van der Waals surface area contributed by atoms with E-state index in [1.54, 1.807) is 4.90 Å².